The summed E-state index contributed by atoms with van der Waals surface area (Å²) in [4.78, 5) is 26.8. The van der Waals surface area contributed by atoms with E-state index in [0.29, 0.717) is 66.4 Å². The summed E-state index contributed by atoms with van der Waals surface area (Å²) in [6.45, 7) is 15.5. The summed E-state index contributed by atoms with van der Waals surface area (Å²) in [5.74, 6) is 1.14. The molecule has 1 fully saturated rings. The quantitative estimate of drug-likeness (QED) is 0.0878. The number of para-hydroxylation sites is 1. The van der Waals surface area contributed by atoms with Gasteiger partial charge in [0.15, 0.2) is 0 Å². The van der Waals surface area contributed by atoms with E-state index in [1.54, 1.807) is 0 Å². The van der Waals surface area contributed by atoms with Crippen molar-refractivity contribution in [3.05, 3.63) is 35.4 Å². The smallest absolute Gasteiger partial charge is 0.312 e. The molecule has 0 aromatic heterocycles. The maximum atomic E-state index is 13.9. The fourth-order valence-corrected chi connectivity index (χ4v) is 8.20. The highest BCUT2D eigenvalue weighted by Crippen LogP contribution is 2.46. The molecule has 1 saturated carbocycles. The van der Waals surface area contributed by atoms with Gasteiger partial charge in [0.05, 0.1) is 48.7 Å². The average molecular weight is 724 g/mol. The SMILES string of the molecule is CCC(Cc1cccc(/C=C/C2C(C)C(C)C(C)C2C)c1O)CC(C)(CC(CC)C(=O)OCCO)C(=O)OCC[N+](C)(C)CCCS(=O)(=O)[O-]. The van der Waals surface area contributed by atoms with Gasteiger partial charge in [-0.2, -0.15) is 0 Å². The third-order valence-corrected chi connectivity index (χ3v) is 12.4. The number of hydrogen-bond acceptors (Lipinski definition) is 9. The van der Waals surface area contributed by atoms with Crippen LogP contribution in [0.2, 0.25) is 0 Å². The monoisotopic (exact) mass is 723 g/mol. The normalized spacial score (nSPS) is 23.8. The van der Waals surface area contributed by atoms with E-state index < -0.39 is 39.1 Å². The van der Waals surface area contributed by atoms with E-state index in [0.717, 1.165) is 17.5 Å². The van der Waals surface area contributed by atoms with Gasteiger partial charge in [0.2, 0.25) is 0 Å². The van der Waals surface area contributed by atoms with Crippen molar-refractivity contribution < 1.29 is 46.7 Å². The van der Waals surface area contributed by atoms with Crippen molar-refractivity contribution in [2.75, 3.05) is 52.8 Å². The van der Waals surface area contributed by atoms with Gasteiger partial charge in [-0.1, -0.05) is 78.3 Å². The largest absolute Gasteiger partial charge is 0.748 e. The minimum absolute atomic E-state index is 0.0125. The molecular formula is C39H65NO9S. The Kier molecular flexibility index (Phi) is 16.9. The van der Waals surface area contributed by atoms with E-state index in [1.165, 1.54) is 0 Å². The molecule has 286 valence electrons. The van der Waals surface area contributed by atoms with E-state index in [9.17, 15) is 32.8 Å². The first-order chi connectivity index (χ1) is 23.3. The summed E-state index contributed by atoms with van der Waals surface area (Å²) < 4.78 is 44.6. The number of esters is 2. The van der Waals surface area contributed by atoms with Gasteiger partial charge in [0.1, 0.15) is 25.5 Å². The molecule has 0 saturated heterocycles. The number of aliphatic hydroxyl groups is 1. The number of benzene rings is 1. The summed E-state index contributed by atoms with van der Waals surface area (Å²) in [5, 5.41) is 20.6. The Hall–Kier alpha value is -2.47. The van der Waals surface area contributed by atoms with Crippen LogP contribution >= 0.6 is 0 Å². The molecule has 10 nitrogen and oxygen atoms in total. The molecule has 0 radical (unpaired) electrons. The molecule has 1 aliphatic rings. The highest BCUT2D eigenvalue weighted by molar-refractivity contribution is 7.85. The number of aliphatic hydroxyl groups excluding tert-OH is 1. The van der Waals surface area contributed by atoms with Crippen LogP contribution in [-0.2, 0) is 35.6 Å². The predicted molar refractivity (Wildman–Crippen MR) is 196 cm³/mol. The number of carbonyl (C=O) groups excluding carboxylic acids is 2. The van der Waals surface area contributed by atoms with Crippen LogP contribution in [0, 0.1) is 46.8 Å². The molecule has 0 spiro atoms. The summed E-state index contributed by atoms with van der Waals surface area (Å²) in [7, 11) is -0.535. The van der Waals surface area contributed by atoms with Crippen molar-refractivity contribution in [2.45, 2.75) is 87.0 Å². The molecule has 0 heterocycles. The third-order valence-electron chi connectivity index (χ3n) is 11.6. The van der Waals surface area contributed by atoms with Crippen LogP contribution in [-0.4, -0.2) is 92.4 Å². The zero-order chi connectivity index (χ0) is 37.9. The van der Waals surface area contributed by atoms with E-state index in [1.807, 2.05) is 52.2 Å². The number of carbonyl (C=O) groups is 2. The van der Waals surface area contributed by atoms with Gasteiger partial charge in [0.25, 0.3) is 0 Å². The number of aromatic hydroxyl groups is 1. The van der Waals surface area contributed by atoms with Crippen LogP contribution in [0.1, 0.15) is 91.7 Å². The Balaban J connectivity index is 2.27. The molecule has 0 amide bonds. The second-order valence-electron chi connectivity index (χ2n) is 15.8. The van der Waals surface area contributed by atoms with Crippen molar-refractivity contribution >= 4 is 28.1 Å². The molecule has 2 rings (SSSR count). The molecular weight excluding hydrogens is 658 g/mol. The molecule has 7 atom stereocenters. The van der Waals surface area contributed by atoms with Crippen LogP contribution in [0.15, 0.2) is 24.3 Å². The van der Waals surface area contributed by atoms with Crippen molar-refractivity contribution in [1.29, 1.82) is 0 Å². The highest BCUT2D eigenvalue weighted by atomic mass is 32.2. The van der Waals surface area contributed by atoms with Gasteiger partial charge in [-0.15, -0.1) is 0 Å². The Morgan fingerprint density at radius 1 is 0.980 bits per heavy atom. The van der Waals surface area contributed by atoms with Gasteiger partial charge < -0.3 is 28.7 Å². The molecule has 11 heteroatoms. The third kappa shape index (κ3) is 12.9. The lowest BCUT2D eigenvalue weighted by molar-refractivity contribution is -0.890. The molecule has 1 aliphatic carbocycles. The number of quaternary nitrogens is 1. The van der Waals surface area contributed by atoms with Crippen LogP contribution in [0.5, 0.6) is 5.75 Å². The zero-order valence-corrected chi connectivity index (χ0v) is 32.8. The first-order valence-electron chi connectivity index (χ1n) is 18.5. The van der Waals surface area contributed by atoms with Crippen molar-refractivity contribution in [3.8, 4) is 5.75 Å². The minimum Gasteiger partial charge on any atom is -0.748 e. The summed E-state index contributed by atoms with van der Waals surface area (Å²) in [6.07, 6.45) is 6.84. The number of phenolic OH excluding ortho intramolecular Hbond substituents is 1. The van der Waals surface area contributed by atoms with Crippen LogP contribution in [0.25, 0.3) is 6.08 Å². The Morgan fingerprint density at radius 2 is 1.62 bits per heavy atom. The molecule has 1 aromatic rings. The number of ether oxygens (including phenoxy) is 2. The van der Waals surface area contributed by atoms with Gasteiger partial charge >= 0.3 is 11.9 Å². The fourth-order valence-electron chi connectivity index (χ4n) is 7.72. The Morgan fingerprint density at radius 3 is 2.18 bits per heavy atom. The van der Waals surface area contributed by atoms with Gasteiger partial charge in [-0.25, -0.2) is 8.42 Å². The lowest BCUT2D eigenvalue weighted by Crippen LogP contribution is -2.45. The molecule has 1 aromatic carbocycles. The van der Waals surface area contributed by atoms with Crippen molar-refractivity contribution in [3.63, 3.8) is 0 Å². The second kappa shape index (κ2) is 19.4. The van der Waals surface area contributed by atoms with Gasteiger partial charge in [-0.05, 0) is 73.7 Å². The second-order valence-corrected chi connectivity index (χ2v) is 17.3. The van der Waals surface area contributed by atoms with Gasteiger partial charge in [0, 0.05) is 17.7 Å². The number of allylic oxidation sites excluding steroid dienone is 1. The Bertz CT molecular complexity index is 1360. The summed E-state index contributed by atoms with van der Waals surface area (Å²) in [5.41, 5.74) is 0.526. The number of hydrogen-bond donors (Lipinski definition) is 2. The van der Waals surface area contributed by atoms with Crippen LogP contribution in [0.3, 0.4) is 0 Å². The Labute approximate surface area is 302 Å². The van der Waals surface area contributed by atoms with Crippen LogP contribution in [0.4, 0.5) is 0 Å². The standard InChI is InChI=1S/C39H65NO9S/c1-10-31(24-34-15-12-14-33(36(34)42)16-17-35-29(5)27(3)28(4)30(35)6)25-39(7,26-32(11-2)37(43)48-22-20-41)38(44)49-21-19-40(8,9)18-13-23-50(45,46)47/h12,14-17,27-32,35,41H,10-11,13,18-26H2,1-9H3,(H-,42,45,46,47)/b17-16+. The molecule has 7 unspecified atom stereocenters. The van der Waals surface area contributed by atoms with E-state index >= 15 is 0 Å². The minimum atomic E-state index is -4.30. The maximum Gasteiger partial charge on any atom is 0.312 e. The number of likely N-dealkylation sites (N-methyl/N-ethyl adjacent to an activating group) is 1. The molecule has 50 heavy (non-hydrogen) atoms. The summed E-state index contributed by atoms with van der Waals surface area (Å²) in [6, 6.07) is 5.81. The van der Waals surface area contributed by atoms with Crippen molar-refractivity contribution in [2.24, 2.45) is 46.8 Å². The predicted octanol–water partition coefficient (Wildman–Crippen LogP) is 6.05. The number of phenols is 1. The van der Waals surface area contributed by atoms with E-state index in [4.69, 9.17) is 9.47 Å². The zero-order valence-electron chi connectivity index (χ0n) is 32.0. The molecule has 0 aliphatic heterocycles. The lowest BCUT2D eigenvalue weighted by atomic mass is 9.72. The first kappa shape index (κ1) is 43.7. The fraction of sp³-hybridized carbons (Fsp3) is 0.744. The topological polar surface area (TPSA) is 150 Å². The van der Waals surface area contributed by atoms with Crippen LogP contribution < -0.4 is 0 Å². The number of nitrogens with zero attached hydrogens (tertiary/aromatic N) is 1. The summed E-state index contributed by atoms with van der Waals surface area (Å²) >= 11 is 0. The van der Waals surface area contributed by atoms with Gasteiger partial charge in [-0.3, -0.25) is 9.59 Å². The molecule has 2 N–H and O–H groups in total. The van der Waals surface area contributed by atoms with E-state index in [2.05, 4.69) is 40.7 Å². The average Bonchev–Trinajstić information content (AvgIpc) is 3.22. The first-order valence-corrected chi connectivity index (χ1v) is 20.1. The lowest BCUT2D eigenvalue weighted by Gasteiger charge is -2.34. The van der Waals surface area contributed by atoms with Crippen molar-refractivity contribution in [1.82, 2.24) is 0 Å². The molecule has 0 bridgehead atoms. The highest BCUT2D eigenvalue weighted by Gasteiger charge is 2.42. The number of rotatable bonds is 21. The van der Waals surface area contributed by atoms with E-state index in [-0.39, 0.29) is 44.3 Å². The maximum absolute atomic E-state index is 13.9.